The van der Waals surface area contributed by atoms with Gasteiger partial charge in [0.15, 0.2) is 0 Å². The second-order valence-corrected chi connectivity index (χ2v) is 13.4. The van der Waals surface area contributed by atoms with E-state index in [1.807, 2.05) is 52.0 Å². The smallest absolute Gasteiger partial charge is 0.264 e. The molecule has 8 nitrogen and oxygen atoms in total. The van der Waals surface area contributed by atoms with Crippen molar-refractivity contribution in [2.45, 2.75) is 57.6 Å². The second-order valence-electron chi connectivity index (χ2n) is 10.6. The third-order valence-electron chi connectivity index (χ3n) is 6.16. The molecule has 40 heavy (non-hydrogen) atoms. The number of methoxy groups -OCH3 is 1. The molecule has 0 radical (unpaired) electrons. The van der Waals surface area contributed by atoms with Gasteiger partial charge in [-0.25, -0.2) is 8.42 Å². The molecule has 0 aliphatic heterocycles. The summed E-state index contributed by atoms with van der Waals surface area (Å²) in [7, 11) is -2.62. The zero-order valence-corrected chi connectivity index (χ0v) is 26.0. The van der Waals surface area contributed by atoms with Gasteiger partial charge >= 0.3 is 0 Å². The maximum absolute atomic E-state index is 14.0. The van der Waals surface area contributed by atoms with E-state index in [2.05, 4.69) is 21.2 Å². The van der Waals surface area contributed by atoms with E-state index in [4.69, 9.17) is 4.74 Å². The highest BCUT2D eigenvalue weighted by Crippen LogP contribution is 2.27. The Morgan fingerprint density at radius 3 is 2.17 bits per heavy atom. The standard InChI is InChI=1S/C30H36BrN3O5S/c1-21-10-16-27(17-11-21)40(37,38)34(25-12-14-26(39-6)15-13-25)20-28(35)33(19-23-8-7-9-24(31)18-23)22(2)29(36)32-30(3,4)5/h7-18,22H,19-20H2,1-6H3,(H,32,36)/t22-/m1/s1. The van der Waals surface area contributed by atoms with Crippen molar-refractivity contribution in [2.24, 2.45) is 0 Å². The van der Waals surface area contributed by atoms with E-state index in [9.17, 15) is 18.0 Å². The molecule has 3 rings (SSSR count). The van der Waals surface area contributed by atoms with Crippen LogP contribution in [0.4, 0.5) is 5.69 Å². The minimum atomic E-state index is -4.14. The third-order valence-corrected chi connectivity index (χ3v) is 8.44. The van der Waals surface area contributed by atoms with E-state index in [1.165, 1.54) is 24.1 Å². The molecule has 0 aromatic heterocycles. The van der Waals surface area contributed by atoms with Gasteiger partial charge in [-0.05, 0) is 88.7 Å². The highest BCUT2D eigenvalue weighted by atomic mass is 79.9. The number of benzene rings is 3. The van der Waals surface area contributed by atoms with Gasteiger partial charge in [0, 0.05) is 16.6 Å². The van der Waals surface area contributed by atoms with Gasteiger partial charge in [0.25, 0.3) is 10.0 Å². The fraction of sp³-hybridized carbons (Fsp3) is 0.333. The molecule has 0 fully saturated rings. The average Bonchev–Trinajstić information content (AvgIpc) is 2.89. The van der Waals surface area contributed by atoms with Crippen LogP contribution in [0.2, 0.25) is 0 Å². The van der Waals surface area contributed by atoms with Crippen molar-refractivity contribution >= 4 is 43.5 Å². The lowest BCUT2D eigenvalue weighted by Crippen LogP contribution is -2.54. The molecule has 2 amide bonds. The first-order valence-corrected chi connectivity index (χ1v) is 15.0. The van der Waals surface area contributed by atoms with Crippen LogP contribution in [0.5, 0.6) is 5.75 Å². The van der Waals surface area contributed by atoms with Gasteiger partial charge in [0.1, 0.15) is 18.3 Å². The summed E-state index contributed by atoms with van der Waals surface area (Å²) in [6.07, 6.45) is 0. The predicted molar refractivity (Wildman–Crippen MR) is 161 cm³/mol. The van der Waals surface area contributed by atoms with Crippen molar-refractivity contribution < 1.29 is 22.7 Å². The Bertz CT molecular complexity index is 1440. The maximum atomic E-state index is 14.0. The van der Waals surface area contributed by atoms with E-state index >= 15 is 0 Å². The van der Waals surface area contributed by atoms with Crippen LogP contribution in [0.25, 0.3) is 0 Å². The Labute approximate surface area is 245 Å². The van der Waals surface area contributed by atoms with Crippen molar-refractivity contribution in [3.8, 4) is 5.75 Å². The number of nitrogens with zero attached hydrogens (tertiary/aromatic N) is 2. The summed E-state index contributed by atoms with van der Waals surface area (Å²) in [5.74, 6) is -0.317. The first kappa shape index (κ1) is 31.2. The zero-order chi connectivity index (χ0) is 29.7. The molecule has 0 aliphatic carbocycles. The van der Waals surface area contributed by atoms with Gasteiger partial charge in [-0.1, -0.05) is 45.8 Å². The van der Waals surface area contributed by atoms with Crippen LogP contribution >= 0.6 is 15.9 Å². The summed E-state index contributed by atoms with van der Waals surface area (Å²) in [4.78, 5) is 28.6. The SMILES string of the molecule is COc1ccc(N(CC(=O)N(Cc2cccc(Br)c2)[C@H](C)C(=O)NC(C)(C)C)S(=O)(=O)c2ccc(C)cc2)cc1. The molecule has 3 aromatic rings. The van der Waals surface area contributed by atoms with Gasteiger partial charge in [-0.3, -0.25) is 13.9 Å². The van der Waals surface area contributed by atoms with Crippen molar-refractivity contribution in [1.29, 1.82) is 0 Å². The van der Waals surface area contributed by atoms with Crippen LogP contribution in [0.3, 0.4) is 0 Å². The minimum Gasteiger partial charge on any atom is -0.497 e. The number of hydrogen-bond acceptors (Lipinski definition) is 5. The number of anilines is 1. The molecule has 1 N–H and O–H groups in total. The first-order chi connectivity index (χ1) is 18.7. The molecule has 1 atom stereocenters. The predicted octanol–water partition coefficient (Wildman–Crippen LogP) is 5.29. The van der Waals surface area contributed by atoms with Gasteiger partial charge in [-0.15, -0.1) is 0 Å². The van der Waals surface area contributed by atoms with Crippen molar-refractivity contribution in [3.63, 3.8) is 0 Å². The maximum Gasteiger partial charge on any atom is 0.264 e. The van der Waals surface area contributed by atoms with Crippen LogP contribution in [0, 0.1) is 6.92 Å². The van der Waals surface area contributed by atoms with E-state index < -0.39 is 34.1 Å². The van der Waals surface area contributed by atoms with Crippen LogP contribution in [0.1, 0.15) is 38.8 Å². The number of sulfonamides is 1. The highest BCUT2D eigenvalue weighted by Gasteiger charge is 2.33. The number of hydrogen-bond donors (Lipinski definition) is 1. The third kappa shape index (κ3) is 8.08. The Morgan fingerprint density at radius 1 is 1.00 bits per heavy atom. The number of nitrogens with one attached hydrogen (secondary N) is 1. The highest BCUT2D eigenvalue weighted by molar-refractivity contribution is 9.10. The molecule has 214 valence electrons. The minimum absolute atomic E-state index is 0.0544. The van der Waals surface area contributed by atoms with Crippen molar-refractivity contribution in [2.75, 3.05) is 18.0 Å². The number of amides is 2. The molecule has 0 spiro atoms. The largest absolute Gasteiger partial charge is 0.497 e. The summed E-state index contributed by atoms with van der Waals surface area (Å²) in [5.41, 5.74) is 1.48. The van der Waals surface area contributed by atoms with Crippen molar-refractivity contribution in [3.05, 3.63) is 88.4 Å². The normalized spacial score (nSPS) is 12.4. The van der Waals surface area contributed by atoms with Crippen LogP contribution in [-0.4, -0.2) is 50.4 Å². The molecule has 3 aromatic carbocycles. The molecular weight excluding hydrogens is 594 g/mol. The van der Waals surface area contributed by atoms with Crippen molar-refractivity contribution in [1.82, 2.24) is 10.2 Å². The summed E-state index contributed by atoms with van der Waals surface area (Å²) < 4.78 is 34.9. The van der Waals surface area contributed by atoms with Gasteiger partial charge in [0.05, 0.1) is 17.7 Å². The summed E-state index contributed by atoms with van der Waals surface area (Å²) in [6.45, 7) is 8.68. The van der Waals surface area contributed by atoms with Gasteiger partial charge in [-0.2, -0.15) is 0 Å². The van der Waals surface area contributed by atoms with Gasteiger partial charge < -0.3 is 15.0 Å². The van der Waals surface area contributed by atoms with Crippen LogP contribution in [0.15, 0.2) is 82.2 Å². The Kier molecular flexibility index (Phi) is 10.0. The van der Waals surface area contributed by atoms with Gasteiger partial charge in [0.2, 0.25) is 11.8 Å². The zero-order valence-electron chi connectivity index (χ0n) is 23.6. The van der Waals surface area contributed by atoms with Crippen LogP contribution in [-0.2, 0) is 26.2 Å². The molecule has 0 saturated heterocycles. The van der Waals surface area contributed by atoms with E-state index in [0.717, 1.165) is 19.9 Å². The lowest BCUT2D eigenvalue weighted by Gasteiger charge is -2.33. The average molecular weight is 631 g/mol. The number of ether oxygens (including phenoxy) is 1. The van der Waals surface area contributed by atoms with Crippen LogP contribution < -0.4 is 14.4 Å². The molecule has 0 aliphatic rings. The monoisotopic (exact) mass is 629 g/mol. The number of carbonyl (C=O) groups is 2. The molecular formula is C30H36BrN3O5S. The summed E-state index contributed by atoms with van der Waals surface area (Å²) in [5, 5.41) is 2.92. The number of halogens is 1. The Morgan fingerprint density at radius 2 is 1.62 bits per heavy atom. The fourth-order valence-corrected chi connectivity index (χ4v) is 5.86. The molecule has 0 unspecified atom stereocenters. The Balaban J connectivity index is 2.04. The molecule has 10 heteroatoms. The number of carbonyl (C=O) groups excluding carboxylic acids is 2. The molecule has 0 bridgehead atoms. The first-order valence-electron chi connectivity index (χ1n) is 12.8. The topological polar surface area (TPSA) is 96.0 Å². The lowest BCUT2D eigenvalue weighted by atomic mass is 10.1. The molecule has 0 saturated carbocycles. The number of rotatable bonds is 10. The fourth-order valence-electron chi connectivity index (χ4n) is 4.00. The Hall–Kier alpha value is -3.37. The molecule has 0 heterocycles. The van der Waals surface area contributed by atoms with E-state index in [-0.39, 0.29) is 17.3 Å². The second kappa shape index (κ2) is 12.9. The summed E-state index contributed by atoms with van der Waals surface area (Å²) in [6, 6.07) is 19.4. The van der Waals surface area contributed by atoms with E-state index in [1.54, 1.807) is 43.3 Å². The number of aryl methyl sites for hydroxylation is 1. The summed E-state index contributed by atoms with van der Waals surface area (Å²) >= 11 is 3.45. The van der Waals surface area contributed by atoms with E-state index in [0.29, 0.717) is 11.4 Å². The lowest BCUT2D eigenvalue weighted by molar-refractivity contribution is -0.140. The quantitative estimate of drug-likeness (QED) is 0.329.